The molecule has 0 aliphatic rings. The Balaban J connectivity index is 1.64. The number of fused-ring (bicyclic) bond motifs is 1. The van der Waals surface area contributed by atoms with Crippen LogP contribution in [0.15, 0.2) is 30.3 Å². The maximum Gasteiger partial charge on any atom is 0.302 e. The highest BCUT2D eigenvalue weighted by atomic mass is 19.1. The minimum Gasteiger partial charge on any atom is -0.464 e. The second-order valence-electron chi connectivity index (χ2n) is 6.69. The number of carbonyl (C=O) groups excluding carboxylic acids is 1. The SMILES string of the molecule is CC(=O)OCCN(CCCc1nc2nc(C)cc(C)n2n1)c1ccc(F)cc1. The highest BCUT2D eigenvalue weighted by molar-refractivity contribution is 5.65. The van der Waals surface area contributed by atoms with Crippen molar-refractivity contribution in [3.63, 3.8) is 0 Å². The van der Waals surface area contributed by atoms with Crippen molar-refractivity contribution in [3.8, 4) is 0 Å². The monoisotopic (exact) mass is 385 g/mol. The Morgan fingerprint density at radius 2 is 1.93 bits per heavy atom. The summed E-state index contributed by atoms with van der Waals surface area (Å²) in [6.45, 7) is 6.81. The molecule has 8 heteroatoms. The van der Waals surface area contributed by atoms with Crippen molar-refractivity contribution in [2.45, 2.75) is 33.6 Å². The Morgan fingerprint density at radius 3 is 2.64 bits per heavy atom. The number of benzene rings is 1. The Hall–Kier alpha value is -3.03. The zero-order valence-electron chi connectivity index (χ0n) is 16.4. The molecule has 0 fully saturated rings. The molecule has 0 saturated heterocycles. The largest absolute Gasteiger partial charge is 0.464 e. The molecule has 0 unspecified atom stereocenters. The van der Waals surface area contributed by atoms with Gasteiger partial charge in [-0.15, -0.1) is 5.10 Å². The number of aryl methyl sites for hydroxylation is 3. The lowest BCUT2D eigenvalue weighted by Gasteiger charge is -2.24. The molecule has 0 bridgehead atoms. The molecule has 0 aliphatic heterocycles. The minimum atomic E-state index is -0.314. The van der Waals surface area contributed by atoms with Crippen LogP contribution in [0.25, 0.3) is 5.78 Å². The highest BCUT2D eigenvalue weighted by Crippen LogP contribution is 2.16. The van der Waals surface area contributed by atoms with Gasteiger partial charge in [0.15, 0.2) is 5.82 Å². The molecule has 2 heterocycles. The van der Waals surface area contributed by atoms with Gasteiger partial charge in [-0.2, -0.15) is 4.98 Å². The van der Waals surface area contributed by atoms with E-state index in [4.69, 9.17) is 4.74 Å². The van der Waals surface area contributed by atoms with Gasteiger partial charge in [0.25, 0.3) is 5.78 Å². The number of nitrogens with zero attached hydrogens (tertiary/aromatic N) is 5. The van der Waals surface area contributed by atoms with Gasteiger partial charge >= 0.3 is 5.97 Å². The van der Waals surface area contributed by atoms with Crippen LogP contribution in [-0.4, -0.2) is 45.2 Å². The van der Waals surface area contributed by atoms with Crippen molar-refractivity contribution in [2.24, 2.45) is 0 Å². The fraction of sp³-hybridized carbons (Fsp3) is 0.400. The first-order valence-corrected chi connectivity index (χ1v) is 9.26. The molecule has 0 radical (unpaired) electrons. The molecule has 0 spiro atoms. The van der Waals surface area contributed by atoms with Crippen LogP contribution in [0.1, 0.15) is 30.6 Å². The van der Waals surface area contributed by atoms with E-state index in [0.29, 0.717) is 25.3 Å². The van der Waals surface area contributed by atoms with E-state index in [1.54, 1.807) is 16.6 Å². The third kappa shape index (κ3) is 5.03. The van der Waals surface area contributed by atoms with E-state index < -0.39 is 0 Å². The quantitative estimate of drug-likeness (QED) is 0.555. The Bertz CT molecular complexity index is 955. The number of rotatable bonds is 8. The van der Waals surface area contributed by atoms with Gasteiger partial charge in [-0.3, -0.25) is 4.79 Å². The summed E-state index contributed by atoms with van der Waals surface area (Å²) in [5, 5.41) is 4.53. The van der Waals surface area contributed by atoms with E-state index in [-0.39, 0.29) is 18.4 Å². The second-order valence-corrected chi connectivity index (χ2v) is 6.69. The first-order valence-electron chi connectivity index (χ1n) is 9.26. The molecule has 3 rings (SSSR count). The van der Waals surface area contributed by atoms with E-state index in [2.05, 4.69) is 20.0 Å². The fourth-order valence-corrected chi connectivity index (χ4v) is 3.06. The molecule has 0 amide bonds. The molecule has 148 valence electrons. The molecule has 7 nitrogen and oxygen atoms in total. The van der Waals surface area contributed by atoms with E-state index in [9.17, 15) is 9.18 Å². The van der Waals surface area contributed by atoms with Gasteiger partial charge < -0.3 is 9.64 Å². The summed E-state index contributed by atoms with van der Waals surface area (Å²) in [5.41, 5.74) is 2.79. The Kier molecular flexibility index (Phi) is 6.18. The zero-order chi connectivity index (χ0) is 20.1. The average molecular weight is 385 g/mol. The molecule has 2 aromatic heterocycles. The lowest BCUT2D eigenvalue weighted by Crippen LogP contribution is -2.29. The lowest BCUT2D eigenvalue weighted by atomic mass is 10.2. The third-order valence-electron chi connectivity index (χ3n) is 4.35. The van der Waals surface area contributed by atoms with Crippen molar-refractivity contribution in [3.05, 3.63) is 53.4 Å². The molecule has 0 atom stereocenters. The molecule has 1 aromatic carbocycles. The van der Waals surface area contributed by atoms with E-state index in [1.165, 1.54) is 19.1 Å². The van der Waals surface area contributed by atoms with Gasteiger partial charge in [-0.05, 0) is 50.6 Å². The summed E-state index contributed by atoms with van der Waals surface area (Å²) in [5.74, 6) is 0.750. The van der Waals surface area contributed by atoms with E-state index in [0.717, 1.165) is 29.3 Å². The predicted molar refractivity (Wildman–Crippen MR) is 104 cm³/mol. The topological polar surface area (TPSA) is 72.6 Å². The van der Waals surface area contributed by atoms with Crippen molar-refractivity contribution >= 4 is 17.4 Å². The van der Waals surface area contributed by atoms with Crippen LogP contribution in [0, 0.1) is 19.7 Å². The number of aromatic nitrogens is 4. The van der Waals surface area contributed by atoms with E-state index >= 15 is 0 Å². The number of ether oxygens (including phenoxy) is 1. The lowest BCUT2D eigenvalue weighted by molar-refractivity contribution is -0.140. The van der Waals surface area contributed by atoms with Gasteiger partial charge in [0, 0.05) is 37.0 Å². The molecule has 0 saturated carbocycles. The van der Waals surface area contributed by atoms with Crippen molar-refractivity contribution in [2.75, 3.05) is 24.6 Å². The smallest absolute Gasteiger partial charge is 0.302 e. The number of anilines is 1. The first-order chi connectivity index (χ1) is 13.4. The van der Waals surface area contributed by atoms with Gasteiger partial charge in [0.05, 0.1) is 6.54 Å². The maximum atomic E-state index is 13.2. The average Bonchev–Trinajstić information content (AvgIpc) is 3.04. The summed E-state index contributed by atoms with van der Waals surface area (Å²) in [6.07, 6.45) is 1.49. The molecule has 0 aliphatic carbocycles. The van der Waals surface area contributed by atoms with E-state index in [1.807, 2.05) is 19.9 Å². The highest BCUT2D eigenvalue weighted by Gasteiger charge is 2.11. The Labute approximate surface area is 163 Å². The zero-order valence-corrected chi connectivity index (χ0v) is 16.4. The third-order valence-corrected chi connectivity index (χ3v) is 4.35. The molecule has 0 N–H and O–H groups in total. The van der Waals surface area contributed by atoms with Crippen molar-refractivity contribution in [1.82, 2.24) is 19.6 Å². The first kappa shape index (κ1) is 19.7. The summed E-state index contributed by atoms with van der Waals surface area (Å²) in [7, 11) is 0. The summed E-state index contributed by atoms with van der Waals surface area (Å²) in [6, 6.07) is 8.27. The number of hydrogen-bond donors (Lipinski definition) is 0. The predicted octanol–water partition coefficient (Wildman–Crippen LogP) is 2.88. The van der Waals surface area contributed by atoms with Crippen molar-refractivity contribution in [1.29, 1.82) is 0 Å². The van der Waals surface area contributed by atoms with Crippen LogP contribution < -0.4 is 4.90 Å². The summed E-state index contributed by atoms with van der Waals surface area (Å²) < 4.78 is 20.0. The van der Waals surface area contributed by atoms with Crippen LogP contribution in [0.2, 0.25) is 0 Å². The van der Waals surface area contributed by atoms with Crippen LogP contribution in [-0.2, 0) is 16.0 Å². The van der Waals surface area contributed by atoms with Crippen LogP contribution in [0.5, 0.6) is 0 Å². The maximum absolute atomic E-state index is 13.2. The minimum absolute atomic E-state index is 0.279. The Morgan fingerprint density at radius 1 is 1.18 bits per heavy atom. The molecular formula is C20H24FN5O2. The standard InChI is InChI=1S/C20H24FN5O2/c1-14-13-15(2)26-20(22-14)23-19(24-26)5-4-10-25(11-12-28-16(3)27)18-8-6-17(21)7-9-18/h6-9,13H,4-5,10-12H2,1-3H3. The number of esters is 1. The van der Waals surface area contributed by atoms with Crippen LogP contribution in [0.4, 0.5) is 10.1 Å². The number of halogens is 1. The van der Waals surface area contributed by atoms with Crippen LogP contribution >= 0.6 is 0 Å². The second kappa shape index (κ2) is 8.77. The molecular weight excluding hydrogens is 361 g/mol. The van der Waals surface area contributed by atoms with Crippen LogP contribution in [0.3, 0.4) is 0 Å². The molecule has 28 heavy (non-hydrogen) atoms. The van der Waals surface area contributed by atoms with Gasteiger partial charge in [0.1, 0.15) is 12.4 Å². The van der Waals surface area contributed by atoms with Gasteiger partial charge in [0.2, 0.25) is 0 Å². The number of carbonyl (C=O) groups is 1. The van der Waals surface area contributed by atoms with Crippen molar-refractivity contribution < 1.29 is 13.9 Å². The number of hydrogen-bond acceptors (Lipinski definition) is 6. The fourth-order valence-electron chi connectivity index (χ4n) is 3.06. The summed E-state index contributed by atoms with van der Waals surface area (Å²) >= 11 is 0. The summed E-state index contributed by atoms with van der Waals surface area (Å²) in [4.78, 5) is 22.0. The van der Waals surface area contributed by atoms with Gasteiger partial charge in [-0.25, -0.2) is 13.9 Å². The van der Waals surface area contributed by atoms with Gasteiger partial charge in [-0.1, -0.05) is 0 Å². The normalized spacial score (nSPS) is 11.0. The molecule has 3 aromatic rings.